The van der Waals surface area contributed by atoms with Gasteiger partial charge in [0.15, 0.2) is 0 Å². The highest BCUT2D eigenvalue weighted by Crippen LogP contribution is 2.19. The highest BCUT2D eigenvalue weighted by Gasteiger charge is 2.11. The Kier molecular flexibility index (Phi) is 5.60. The molecular formula is C11H19NS2. The van der Waals surface area contributed by atoms with Crippen LogP contribution in [0.3, 0.4) is 0 Å². The van der Waals surface area contributed by atoms with Gasteiger partial charge in [-0.1, -0.05) is 13.0 Å². The van der Waals surface area contributed by atoms with Crippen LogP contribution < -0.4 is 5.32 Å². The van der Waals surface area contributed by atoms with Crippen molar-refractivity contribution in [2.45, 2.75) is 32.4 Å². The second-order valence-electron chi connectivity index (χ2n) is 3.46. The highest BCUT2D eigenvalue weighted by atomic mass is 32.2. The molecule has 0 aliphatic rings. The van der Waals surface area contributed by atoms with Crippen LogP contribution in [0.5, 0.6) is 0 Å². The van der Waals surface area contributed by atoms with Crippen LogP contribution in [0.1, 0.15) is 31.2 Å². The van der Waals surface area contributed by atoms with Gasteiger partial charge in [0.1, 0.15) is 0 Å². The first kappa shape index (κ1) is 12.1. The van der Waals surface area contributed by atoms with Gasteiger partial charge in [-0.2, -0.15) is 11.8 Å². The van der Waals surface area contributed by atoms with Crippen LogP contribution in [-0.4, -0.2) is 18.1 Å². The fourth-order valence-corrected chi connectivity index (χ4v) is 2.94. The van der Waals surface area contributed by atoms with Crippen molar-refractivity contribution in [1.82, 2.24) is 5.32 Å². The molecule has 0 aliphatic carbocycles. The van der Waals surface area contributed by atoms with Crippen LogP contribution in [0.4, 0.5) is 0 Å². The third-order valence-corrected chi connectivity index (χ3v) is 4.11. The molecule has 1 heterocycles. The Morgan fingerprint density at radius 3 is 2.86 bits per heavy atom. The van der Waals surface area contributed by atoms with Crippen molar-refractivity contribution < 1.29 is 0 Å². The lowest BCUT2D eigenvalue weighted by Crippen LogP contribution is -2.32. The molecule has 2 atom stereocenters. The first-order valence-corrected chi connectivity index (χ1v) is 7.33. The third-order valence-electron chi connectivity index (χ3n) is 2.32. The summed E-state index contributed by atoms with van der Waals surface area (Å²) in [6.07, 6.45) is 3.37. The number of thiophene rings is 1. The van der Waals surface area contributed by atoms with Gasteiger partial charge in [-0.15, -0.1) is 11.3 Å². The van der Waals surface area contributed by atoms with E-state index in [2.05, 4.69) is 42.9 Å². The summed E-state index contributed by atoms with van der Waals surface area (Å²) in [5.74, 6) is 1.20. The maximum Gasteiger partial charge on any atom is 0.0388 e. The normalized spacial score (nSPS) is 15.4. The molecule has 1 rings (SSSR count). The van der Waals surface area contributed by atoms with Crippen molar-refractivity contribution in [2.75, 3.05) is 12.0 Å². The largest absolute Gasteiger partial charge is 0.306 e. The standard InChI is InChI=1S/C11H19NS2/c1-4-10(8-13-3)12-9(2)11-6-5-7-14-11/h5-7,9-10,12H,4,8H2,1-3H3. The van der Waals surface area contributed by atoms with Crippen LogP contribution in [0.25, 0.3) is 0 Å². The fraction of sp³-hybridized carbons (Fsp3) is 0.636. The van der Waals surface area contributed by atoms with Gasteiger partial charge in [-0.3, -0.25) is 0 Å². The Morgan fingerprint density at radius 1 is 1.57 bits per heavy atom. The minimum absolute atomic E-state index is 0.493. The summed E-state index contributed by atoms with van der Waals surface area (Å²) in [4.78, 5) is 1.43. The molecule has 3 heteroatoms. The second-order valence-corrected chi connectivity index (χ2v) is 5.35. The summed E-state index contributed by atoms with van der Waals surface area (Å²) in [5.41, 5.74) is 0. The van der Waals surface area contributed by atoms with Gasteiger partial charge in [0.25, 0.3) is 0 Å². The van der Waals surface area contributed by atoms with Gasteiger partial charge in [-0.05, 0) is 31.0 Å². The number of nitrogens with one attached hydrogen (secondary N) is 1. The van der Waals surface area contributed by atoms with Gasteiger partial charge < -0.3 is 5.32 Å². The SMILES string of the molecule is CCC(CSC)NC(C)c1cccs1. The quantitative estimate of drug-likeness (QED) is 0.801. The Balaban J connectivity index is 2.42. The molecule has 0 amide bonds. The van der Waals surface area contributed by atoms with Crippen molar-refractivity contribution in [3.63, 3.8) is 0 Å². The Labute approximate surface area is 95.3 Å². The maximum atomic E-state index is 3.66. The van der Waals surface area contributed by atoms with Gasteiger partial charge in [-0.25, -0.2) is 0 Å². The summed E-state index contributed by atoms with van der Waals surface area (Å²) in [7, 11) is 0. The van der Waals surface area contributed by atoms with E-state index >= 15 is 0 Å². The molecule has 80 valence electrons. The van der Waals surface area contributed by atoms with Crippen molar-refractivity contribution >= 4 is 23.1 Å². The number of hydrogen-bond donors (Lipinski definition) is 1. The topological polar surface area (TPSA) is 12.0 Å². The Bertz CT molecular complexity index is 233. The predicted molar refractivity (Wildman–Crippen MR) is 68.3 cm³/mol. The van der Waals surface area contributed by atoms with Crippen molar-refractivity contribution in [3.8, 4) is 0 Å². The van der Waals surface area contributed by atoms with E-state index in [-0.39, 0.29) is 0 Å². The zero-order valence-corrected chi connectivity index (χ0v) is 10.8. The smallest absolute Gasteiger partial charge is 0.0388 e. The zero-order valence-electron chi connectivity index (χ0n) is 9.12. The molecule has 0 radical (unpaired) electrons. The highest BCUT2D eigenvalue weighted by molar-refractivity contribution is 7.98. The van der Waals surface area contributed by atoms with Crippen LogP contribution in [0, 0.1) is 0 Å². The first-order valence-electron chi connectivity index (χ1n) is 5.06. The molecule has 0 fully saturated rings. The lowest BCUT2D eigenvalue weighted by atomic mass is 10.2. The lowest BCUT2D eigenvalue weighted by Gasteiger charge is -2.20. The fourth-order valence-electron chi connectivity index (χ4n) is 1.46. The van der Waals surface area contributed by atoms with E-state index in [9.17, 15) is 0 Å². The van der Waals surface area contributed by atoms with Crippen molar-refractivity contribution in [1.29, 1.82) is 0 Å². The molecule has 0 spiro atoms. The summed E-state index contributed by atoms with van der Waals surface area (Å²) in [6.45, 7) is 4.49. The van der Waals surface area contributed by atoms with E-state index in [1.165, 1.54) is 17.1 Å². The minimum Gasteiger partial charge on any atom is -0.306 e. The number of thioether (sulfide) groups is 1. The Morgan fingerprint density at radius 2 is 2.36 bits per heavy atom. The van der Waals surface area contributed by atoms with Gasteiger partial charge in [0.05, 0.1) is 0 Å². The van der Waals surface area contributed by atoms with Crippen LogP contribution in [0.2, 0.25) is 0 Å². The van der Waals surface area contributed by atoms with Gasteiger partial charge >= 0.3 is 0 Å². The van der Waals surface area contributed by atoms with Crippen LogP contribution >= 0.6 is 23.1 Å². The molecule has 0 aromatic carbocycles. The molecule has 0 aliphatic heterocycles. The summed E-state index contributed by atoms with van der Waals surface area (Å²) < 4.78 is 0. The van der Waals surface area contributed by atoms with E-state index in [1.54, 1.807) is 0 Å². The first-order chi connectivity index (χ1) is 6.77. The zero-order chi connectivity index (χ0) is 10.4. The molecular weight excluding hydrogens is 210 g/mol. The summed E-state index contributed by atoms with van der Waals surface area (Å²) in [6, 6.07) is 5.45. The monoisotopic (exact) mass is 229 g/mol. The minimum atomic E-state index is 0.493. The van der Waals surface area contributed by atoms with Gasteiger partial charge in [0, 0.05) is 22.7 Å². The number of rotatable bonds is 6. The Hall–Kier alpha value is 0.01000. The average molecular weight is 229 g/mol. The van der Waals surface area contributed by atoms with E-state index in [1.807, 2.05) is 23.1 Å². The number of hydrogen-bond acceptors (Lipinski definition) is 3. The summed E-state index contributed by atoms with van der Waals surface area (Å²) >= 11 is 3.75. The average Bonchev–Trinajstić information content (AvgIpc) is 2.69. The predicted octanol–water partition coefficient (Wildman–Crippen LogP) is 3.54. The van der Waals surface area contributed by atoms with Crippen LogP contribution in [0.15, 0.2) is 17.5 Å². The van der Waals surface area contributed by atoms with E-state index in [0.29, 0.717) is 12.1 Å². The van der Waals surface area contributed by atoms with E-state index in [0.717, 1.165) is 0 Å². The lowest BCUT2D eigenvalue weighted by molar-refractivity contribution is 0.479. The van der Waals surface area contributed by atoms with Crippen LogP contribution in [-0.2, 0) is 0 Å². The third kappa shape index (κ3) is 3.64. The second kappa shape index (κ2) is 6.49. The molecule has 0 saturated heterocycles. The summed E-state index contributed by atoms with van der Waals surface area (Å²) in [5, 5.41) is 5.80. The van der Waals surface area contributed by atoms with E-state index in [4.69, 9.17) is 0 Å². The maximum absolute atomic E-state index is 3.66. The molecule has 0 bridgehead atoms. The molecule has 1 N–H and O–H groups in total. The molecule has 0 saturated carbocycles. The van der Waals surface area contributed by atoms with Crippen molar-refractivity contribution in [3.05, 3.63) is 22.4 Å². The van der Waals surface area contributed by atoms with Gasteiger partial charge in [0.2, 0.25) is 0 Å². The van der Waals surface area contributed by atoms with Crippen molar-refractivity contribution in [2.24, 2.45) is 0 Å². The molecule has 1 nitrogen and oxygen atoms in total. The molecule has 1 aromatic heterocycles. The molecule has 2 unspecified atom stereocenters. The molecule has 14 heavy (non-hydrogen) atoms. The van der Waals surface area contributed by atoms with E-state index < -0.39 is 0 Å². The molecule has 1 aromatic rings.